The summed E-state index contributed by atoms with van der Waals surface area (Å²) in [7, 11) is 0. The molecular weight excluding hydrogens is 297 g/mol. The third-order valence-corrected chi connectivity index (χ3v) is 4.63. The van der Waals surface area contributed by atoms with E-state index in [0.29, 0.717) is 31.6 Å². The summed E-state index contributed by atoms with van der Waals surface area (Å²) in [6.07, 6.45) is 3.25. The van der Waals surface area contributed by atoms with Gasteiger partial charge in [-0.1, -0.05) is 6.07 Å². The molecule has 0 saturated carbocycles. The van der Waals surface area contributed by atoms with Gasteiger partial charge < -0.3 is 15.5 Å². The lowest BCUT2D eigenvalue weighted by Gasteiger charge is -2.33. The highest BCUT2D eigenvalue weighted by Gasteiger charge is 2.31. The fourth-order valence-corrected chi connectivity index (χ4v) is 3.29. The summed E-state index contributed by atoms with van der Waals surface area (Å²) < 4.78 is 13.1. The van der Waals surface area contributed by atoms with E-state index < -0.39 is 0 Å². The van der Waals surface area contributed by atoms with Crippen molar-refractivity contribution in [1.82, 2.24) is 10.2 Å². The summed E-state index contributed by atoms with van der Waals surface area (Å²) in [5.41, 5.74) is 0.476. The van der Waals surface area contributed by atoms with E-state index in [2.05, 4.69) is 10.6 Å². The van der Waals surface area contributed by atoms with Gasteiger partial charge in [-0.25, -0.2) is 4.39 Å². The molecule has 2 heterocycles. The number of rotatable bonds is 3. The third-order valence-electron chi connectivity index (χ3n) is 4.63. The second kappa shape index (κ2) is 7.08. The van der Waals surface area contributed by atoms with E-state index in [0.717, 1.165) is 19.4 Å². The van der Waals surface area contributed by atoms with Gasteiger partial charge in [0.25, 0.3) is 0 Å². The normalized spacial score (nSPS) is 22.1. The van der Waals surface area contributed by atoms with Crippen molar-refractivity contribution in [1.29, 1.82) is 0 Å². The first-order valence-electron chi connectivity index (χ1n) is 8.22. The van der Waals surface area contributed by atoms with Gasteiger partial charge in [0.15, 0.2) is 0 Å². The molecule has 0 aliphatic carbocycles. The van der Waals surface area contributed by atoms with Crippen LogP contribution in [0.3, 0.4) is 0 Å². The zero-order valence-electron chi connectivity index (χ0n) is 13.1. The second-order valence-electron chi connectivity index (χ2n) is 6.25. The van der Waals surface area contributed by atoms with Gasteiger partial charge in [-0.2, -0.15) is 0 Å². The van der Waals surface area contributed by atoms with E-state index >= 15 is 0 Å². The zero-order valence-corrected chi connectivity index (χ0v) is 13.1. The third kappa shape index (κ3) is 3.88. The Morgan fingerprint density at radius 3 is 2.65 bits per heavy atom. The fraction of sp³-hybridized carbons (Fsp3) is 0.529. The smallest absolute Gasteiger partial charge is 0.239 e. The van der Waals surface area contributed by atoms with Crippen LogP contribution in [0.25, 0.3) is 0 Å². The molecule has 2 aliphatic heterocycles. The minimum atomic E-state index is -0.368. The molecule has 2 aliphatic rings. The molecule has 23 heavy (non-hydrogen) atoms. The number of halogens is 1. The van der Waals surface area contributed by atoms with E-state index in [9.17, 15) is 14.0 Å². The first kappa shape index (κ1) is 15.9. The molecule has 1 unspecified atom stereocenters. The maximum absolute atomic E-state index is 13.1. The van der Waals surface area contributed by atoms with Gasteiger partial charge in [0.05, 0.1) is 6.04 Å². The van der Waals surface area contributed by atoms with E-state index in [1.165, 1.54) is 12.1 Å². The van der Waals surface area contributed by atoms with Gasteiger partial charge >= 0.3 is 0 Å². The van der Waals surface area contributed by atoms with E-state index in [-0.39, 0.29) is 29.6 Å². The zero-order chi connectivity index (χ0) is 16.2. The van der Waals surface area contributed by atoms with Crippen molar-refractivity contribution in [2.75, 3.05) is 25.0 Å². The number of hydrogen-bond donors (Lipinski definition) is 2. The lowest BCUT2D eigenvalue weighted by atomic mass is 9.95. The molecule has 2 fully saturated rings. The van der Waals surface area contributed by atoms with Crippen LogP contribution in [-0.4, -0.2) is 42.4 Å². The Kier molecular flexibility index (Phi) is 4.91. The predicted octanol–water partition coefficient (Wildman–Crippen LogP) is 1.75. The van der Waals surface area contributed by atoms with Crippen molar-refractivity contribution in [3.05, 3.63) is 30.1 Å². The Morgan fingerprint density at radius 1 is 1.22 bits per heavy atom. The van der Waals surface area contributed by atoms with E-state index in [1.807, 2.05) is 4.90 Å². The van der Waals surface area contributed by atoms with Crippen LogP contribution in [0.1, 0.15) is 25.7 Å². The largest absolute Gasteiger partial charge is 0.341 e. The van der Waals surface area contributed by atoms with Crippen LogP contribution in [0.15, 0.2) is 24.3 Å². The molecule has 3 rings (SSSR count). The van der Waals surface area contributed by atoms with Gasteiger partial charge in [0, 0.05) is 24.7 Å². The molecule has 5 nitrogen and oxygen atoms in total. The molecule has 6 heteroatoms. The number of hydrogen-bond acceptors (Lipinski definition) is 3. The quantitative estimate of drug-likeness (QED) is 0.892. The van der Waals surface area contributed by atoms with E-state index in [1.54, 1.807) is 12.1 Å². The molecular formula is C17H22FN3O2. The number of carbonyl (C=O) groups excluding carboxylic acids is 2. The highest BCUT2D eigenvalue weighted by molar-refractivity contribution is 5.92. The van der Waals surface area contributed by atoms with Crippen LogP contribution in [0.5, 0.6) is 0 Å². The van der Waals surface area contributed by atoms with Gasteiger partial charge in [0.2, 0.25) is 11.8 Å². The number of benzene rings is 1. The molecule has 0 aromatic heterocycles. The molecule has 2 N–H and O–H groups in total. The first-order chi connectivity index (χ1) is 11.1. The Hall–Kier alpha value is -1.95. The lowest BCUT2D eigenvalue weighted by Crippen LogP contribution is -2.48. The van der Waals surface area contributed by atoms with Crippen LogP contribution in [0.2, 0.25) is 0 Å². The fourth-order valence-electron chi connectivity index (χ4n) is 3.29. The predicted molar refractivity (Wildman–Crippen MR) is 85.4 cm³/mol. The minimum Gasteiger partial charge on any atom is -0.341 e. The molecule has 124 valence electrons. The summed E-state index contributed by atoms with van der Waals surface area (Å²) in [4.78, 5) is 26.4. The topological polar surface area (TPSA) is 61.4 Å². The van der Waals surface area contributed by atoms with Crippen molar-refractivity contribution >= 4 is 17.5 Å². The highest BCUT2D eigenvalue weighted by atomic mass is 19.1. The summed E-state index contributed by atoms with van der Waals surface area (Å²) in [6, 6.07) is 5.85. The second-order valence-corrected chi connectivity index (χ2v) is 6.25. The number of anilines is 1. The summed E-state index contributed by atoms with van der Waals surface area (Å²) >= 11 is 0. The summed E-state index contributed by atoms with van der Waals surface area (Å²) in [6.45, 7) is 2.12. The lowest BCUT2D eigenvalue weighted by molar-refractivity contribution is -0.136. The van der Waals surface area contributed by atoms with Crippen LogP contribution in [-0.2, 0) is 9.59 Å². The first-order valence-corrected chi connectivity index (χ1v) is 8.22. The van der Waals surface area contributed by atoms with Gasteiger partial charge in [-0.05, 0) is 50.4 Å². The summed E-state index contributed by atoms with van der Waals surface area (Å²) in [5.74, 6) is -0.431. The molecule has 1 aromatic rings. The average molecular weight is 319 g/mol. The number of nitrogens with one attached hydrogen (secondary N) is 2. The molecule has 2 saturated heterocycles. The highest BCUT2D eigenvalue weighted by Crippen LogP contribution is 2.21. The van der Waals surface area contributed by atoms with Gasteiger partial charge in [-0.15, -0.1) is 0 Å². The van der Waals surface area contributed by atoms with E-state index in [4.69, 9.17) is 0 Å². The molecule has 0 radical (unpaired) electrons. The Morgan fingerprint density at radius 2 is 2.00 bits per heavy atom. The molecule has 1 atom stereocenters. The van der Waals surface area contributed by atoms with Gasteiger partial charge in [0.1, 0.15) is 5.82 Å². The molecule has 1 aromatic carbocycles. The minimum absolute atomic E-state index is 0.0485. The maximum atomic E-state index is 13.1. The number of nitrogens with zero attached hydrogens (tertiary/aromatic N) is 1. The maximum Gasteiger partial charge on any atom is 0.239 e. The SMILES string of the molecule is O=C(Nc1cccc(F)c1)C1CCN(C(=O)C2CCCN2)CC1. The van der Waals surface area contributed by atoms with Crippen molar-refractivity contribution < 1.29 is 14.0 Å². The Balaban J connectivity index is 1.50. The summed E-state index contributed by atoms with van der Waals surface area (Å²) in [5, 5.41) is 5.98. The number of piperidine rings is 1. The van der Waals surface area contributed by atoms with Crippen molar-refractivity contribution in [3.8, 4) is 0 Å². The average Bonchev–Trinajstić information content (AvgIpc) is 3.09. The Labute approximate surface area is 135 Å². The number of likely N-dealkylation sites (tertiary alicyclic amines) is 1. The van der Waals surface area contributed by atoms with Gasteiger partial charge in [-0.3, -0.25) is 9.59 Å². The standard InChI is InChI=1S/C17H22FN3O2/c18-13-3-1-4-14(11-13)20-16(22)12-6-9-21(10-7-12)17(23)15-5-2-8-19-15/h1,3-4,11-12,15,19H,2,5-10H2,(H,20,22). The number of carbonyl (C=O) groups is 2. The van der Waals surface area contributed by atoms with Crippen LogP contribution in [0.4, 0.5) is 10.1 Å². The molecule has 2 amide bonds. The van der Waals surface area contributed by atoms with Crippen LogP contribution < -0.4 is 10.6 Å². The van der Waals surface area contributed by atoms with Crippen molar-refractivity contribution in [2.45, 2.75) is 31.7 Å². The van der Waals surface area contributed by atoms with Crippen LogP contribution in [0, 0.1) is 11.7 Å². The molecule has 0 spiro atoms. The van der Waals surface area contributed by atoms with Crippen molar-refractivity contribution in [2.24, 2.45) is 5.92 Å². The monoisotopic (exact) mass is 319 g/mol. The number of amides is 2. The Bertz CT molecular complexity index is 579. The van der Waals surface area contributed by atoms with Crippen molar-refractivity contribution in [3.63, 3.8) is 0 Å². The molecule has 0 bridgehead atoms. The van der Waals surface area contributed by atoms with Crippen LogP contribution >= 0.6 is 0 Å².